The second-order valence-electron chi connectivity index (χ2n) is 6.77. The first-order valence-electron chi connectivity index (χ1n) is 9.84. The summed E-state index contributed by atoms with van der Waals surface area (Å²) in [5, 5.41) is 6.38. The lowest BCUT2D eigenvalue weighted by molar-refractivity contribution is -0.124. The van der Waals surface area contributed by atoms with Crippen LogP contribution in [0.15, 0.2) is 82.4 Å². The Bertz CT molecular complexity index is 1100. The lowest BCUT2D eigenvalue weighted by Crippen LogP contribution is -2.21. The van der Waals surface area contributed by atoms with Crippen LogP contribution >= 0.6 is 15.9 Å². The van der Waals surface area contributed by atoms with Crippen molar-refractivity contribution in [2.45, 2.75) is 19.4 Å². The van der Waals surface area contributed by atoms with Crippen LogP contribution in [0.4, 0.5) is 10.1 Å². The fourth-order valence-electron chi connectivity index (χ4n) is 2.69. The van der Waals surface area contributed by atoms with Crippen molar-refractivity contribution in [1.82, 2.24) is 5.43 Å². The molecule has 0 spiro atoms. The van der Waals surface area contributed by atoms with E-state index in [9.17, 15) is 14.0 Å². The Labute approximate surface area is 193 Å². The van der Waals surface area contributed by atoms with Gasteiger partial charge in [0.25, 0.3) is 0 Å². The zero-order valence-electron chi connectivity index (χ0n) is 17.1. The van der Waals surface area contributed by atoms with E-state index in [2.05, 4.69) is 31.8 Å². The number of carbonyl (C=O) groups excluding carboxylic acids is 2. The van der Waals surface area contributed by atoms with E-state index in [1.54, 1.807) is 6.07 Å². The van der Waals surface area contributed by atoms with Gasteiger partial charge in [0.05, 0.1) is 11.9 Å². The summed E-state index contributed by atoms with van der Waals surface area (Å²) in [6, 6.07) is 21.0. The summed E-state index contributed by atoms with van der Waals surface area (Å²) in [4.78, 5) is 23.9. The molecular weight excluding hydrogens is 477 g/mol. The largest absolute Gasteiger partial charge is 0.488 e. The fraction of sp³-hybridized carbons (Fsp3) is 0.125. The van der Waals surface area contributed by atoms with Crippen LogP contribution in [0.3, 0.4) is 0 Å². The quantitative estimate of drug-likeness (QED) is 0.321. The van der Waals surface area contributed by atoms with Gasteiger partial charge in [-0.2, -0.15) is 5.10 Å². The minimum absolute atomic E-state index is 0.0793. The maximum Gasteiger partial charge on any atom is 0.240 e. The number of hydrazone groups is 1. The van der Waals surface area contributed by atoms with E-state index >= 15 is 0 Å². The first kappa shape index (κ1) is 23.1. The third-order valence-electron chi connectivity index (χ3n) is 4.35. The van der Waals surface area contributed by atoms with E-state index < -0.39 is 17.6 Å². The number of para-hydroxylation sites is 2. The normalized spacial score (nSPS) is 10.7. The number of nitrogens with zero attached hydrogens (tertiary/aromatic N) is 1. The molecule has 6 nitrogen and oxygen atoms in total. The SMILES string of the molecule is O=C(CCC(=O)Nc1ccccc1F)NN=Cc1ccccc1OCc1ccc(Br)cc1. The Kier molecular flexibility index (Phi) is 8.51. The minimum atomic E-state index is -0.532. The summed E-state index contributed by atoms with van der Waals surface area (Å²) in [6.45, 7) is 0.390. The van der Waals surface area contributed by atoms with Crippen molar-refractivity contribution in [1.29, 1.82) is 0 Å². The molecule has 0 aliphatic carbocycles. The molecule has 3 aromatic rings. The zero-order valence-corrected chi connectivity index (χ0v) is 18.6. The number of carbonyl (C=O) groups is 2. The Balaban J connectivity index is 1.47. The van der Waals surface area contributed by atoms with E-state index in [-0.39, 0.29) is 18.5 Å². The van der Waals surface area contributed by atoms with Gasteiger partial charge in [0.1, 0.15) is 18.2 Å². The van der Waals surface area contributed by atoms with Gasteiger partial charge in [-0.25, -0.2) is 9.82 Å². The molecule has 0 atom stereocenters. The number of amides is 2. The van der Waals surface area contributed by atoms with E-state index in [1.807, 2.05) is 48.5 Å². The van der Waals surface area contributed by atoms with Crippen LogP contribution in [-0.4, -0.2) is 18.0 Å². The number of ether oxygens (including phenoxy) is 1. The van der Waals surface area contributed by atoms with E-state index in [0.29, 0.717) is 17.9 Å². The van der Waals surface area contributed by atoms with Crippen molar-refractivity contribution in [2.24, 2.45) is 5.10 Å². The molecule has 0 heterocycles. The van der Waals surface area contributed by atoms with Crippen LogP contribution in [0.25, 0.3) is 0 Å². The third kappa shape index (κ3) is 7.31. The molecule has 8 heteroatoms. The monoisotopic (exact) mass is 497 g/mol. The molecule has 0 bridgehead atoms. The van der Waals surface area contributed by atoms with Crippen LogP contribution < -0.4 is 15.5 Å². The highest BCUT2D eigenvalue weighted by Gasteiger charge is 2.09. The summed E-state index contributed by atoms with van der Waals surface area (Å²) in [5.74, 6) is -0.798. The van der Waals surface area contributed by atoms with Gasteiger partial charge >= 0.3 is 0 Å². The molecule has 0 aliphatic heterocycles. The van der Waals surface area contributed by atoms with Gasteiger partial charge in [0.2, 0.25) is 11.8 Å². The molecule has 164 valence electrons. The molecule has 0 saturated heterocycles. The van der Waals surface area contributed by atoms with Crippen molar-refractivity contribution in [3.05, 3.63) is 94.2 Å². The summed E-state index contributed by atoms with van der Waals surface area (Å²) in [5.41, 5.74) is 4.18. The second kappa shape index (κ2) is 11.8. The summed E-state index contributed by atoms with van der Waals surface area (Å²) < 4.78 is 20.4. The molecule has 32 heavy (non-hydrogen) atoms. The van der Waals surface area contributed by atoms with E-state index in [1.165, 1.54) is 24.4 Å². The molecule has 2 N–H and O–H groups in total. The maximum absolute atomic E-state index is 13.6. The van der Waals surface area contributed by atoms with E-state index in [0.717, 1.165) is 10.0 Å². The fourth-order valence-corrected chi connectivity index (χ4v) is 2.96. The van der Waals surface area contributed by atoms with Crippen LogP contribution in [-0.2, 0) is 16.2 Å². The van der Waals surface area contributed by atoms with Gasteiger partial charge < -0.3 is 10.1 Å². The molecular formula is C24H21BrFN3O3. The molecule has 0 unspecified atom stereocenters. The number of hydrogen-bond donors (Lipinski definition) is 2. The molecule has 0 aromatic heterocycles. The molecule has 2 amide bonds. The van der Waals surface area contributed by atoms with Crippen LogP contribution in [0, 0.1) is 5.82 Å². The van der Waals surface area contributed by atoms with E-state index in [4.69, 9.17) is 4.74 Å². The van der Waals surface area contributed by atoms with Crippen molar-refractivity contribution in [2.75, 3.05) is 5.32 Å². The summed E-state index contributed by atoms with van der Waals surface area (Å²) in [6.07, 6.45) is 1.30. The van der Waals surface area contributed by atoms with Gasteiger partial charge in [-0.1, -0.05) is 52.3 Å². The minimum Gasteiger partial charge on any atom is -0.488 e. The maximum atomic E-state index is 13.6. The third-order valence-corrected chi connectivity index (χ3v) is 4.88. The molecule has 3 aromatic carbocycles. The molecule has 0 saturated carbocycles. The highest BCUT2D eigenvalue weighted by atomic mass is 79.9. The Morgan fingerprint density at radius 2 is 1.62 bits per heavy atom. The van der Waals surface area contributed by atoms with Crippen molar-refractivity contribution in [3.8, 4) is 5.75 Å². The topological polar surface area (TPSA) is 79.8 Å². The van der Waals surface area contributed by atoms with Crippen LogP contribution in [0.1, 0.15) is 24.0 Å². The lowest BCUT2D eigenvalue weighted by Gasteiger charge is -2.09. The number of rotatable bonds is 9. The van der Waals surface area contributed by atoms with Crippen molar-refractivity contribution < 1.29 is 18.7 Å². The predicted molar refractivity (Wildman–Crippen MR) is 125 cm³/mol. The number of anilines is 1. The first-order valence-corrected chi connectivity index (χ1v) is 10.6. The molecule has 3 rings (SSSR count). The average molecular weight is 498 g/mol. The summed E-state index contributed by atoms with van der Waals surface area (Å²) >= 11 is 3.40. The Hall–Kier alpha value is -3.52. The summed E-state index contributed by atoms with van der Waals surface area (Å²) in [7, 11) is 0. The lowest BCUT2D eigenvalue weighted by atomic mass is 10.2. The standard InChI is InChI=1S/C24H21BrFN3O3/c25-19-11-9-17(10-12-19)16-32-22-8-4-1-5-18(22)15-27-29-24(31)14-13-23(30)28-21-7-3-2-6-20(21)26/h1-12,15H,13-14,16H2,(H,28,30)(H,29,31). The smallest absolute Gasteiger partial charge is 0.240 e. The van der Waals surface area contributed by atoms with Crippen LogP contribution in [0.2, 0.25) is 0 Å². The van der Waals surface area contributed by atoms with Gasteiger partial charge in [-0.05, 0) is 42.0 Å². The number of halogens is 2. The number of benzene rings is 3. The molecule has 0 fully saturated rings. The number of hydrogen-bond acceptors (Lipinski definition) is 4. The first-order chi connectivity index (χ1) is 15.5. The van der Waals surface area contributed by atoms with Gasteiger partial charge in [0.15, 0.2) is 0 Å². The highest BCUT2D eigenvalue weighted by Crippen LogP contribution is 2.18. The average Bonchev–Trinajstić information content (AvgIpc) is 2.80. The number of nitrogens with one attached hydrogen (secondary N) is 2. The van der Waals surface area contributed by atoms with Gasteiger partial charge in [-0.3, -0.25) is 9.59 Å². The van der Waals surface area contributed by atoms with Crippen molar-refractivity contribution in [3.63, 3.8) is 0 Å². The molecule has 0 radical (unpaired) electrons. The Morgan fingerprint density at radius 3 is 2.41 bits per heavy atom. The van der Waals surface area contributed by atoms with Crippen LogP contribution in [0.5, 0.6) is 5.75 Å². The molecule has 0 aliphatic rings. The predicted octanol–water partition coefficient (Wildman–Crippen LogP) is 5.04. The van der Waals surface area contributed by atoms with Gasteiger partial charge in [-0.15, -0.1) is 0 Å². The highest BCUT2D eigenvalue weighted by molar-refractivity contribution is 9.10. The zero-order chi connectivity index (χ0) is 22.8. The van der Waals surface area contributed by atoms with Gasteiger partial charge in [0, 0.05) is 22.9 Å². The Morgan fingerprint density at radius 1 is 0.938 bits per heavy atom. The van der Waals surface area contributed by atoms with Crippen molar-refractivity contribution >= 4 is 39.6 Å². The second-order valence-corrected chi connectivity index (χ2v) is 7.69.